The van der Waals surface area contributed by atoms with E-state index in [0.29, 0.717) is 10.5 Å². The van der Waals surface area contributed by atoms with Crippen LogP contribution in [-0.2, 0) is 0 Å². The van der Waals surface area contributed by atoms with Crippen LogP contribution in [-0.4, -0.2) is 15.7 Å². The summed E-state index contributed by atoms with van der Waals surface area (Å²) < 4.78 is 0. The largest absolute Gasteiger partial charge is 0.301 e. The summed E-state index contributed by atoms with van der Waals surface area (Å²) in [6.45, 7) is 4.11. The van der Waals surface area contributed by atoms with Crippen molar-refractivity contribution >= 4 is 22.7 Å². The third-order valence-electron chi connectivity index (χ3n) is 2.30. The maximum atomic E-state index is 11.8. The zero-order valence-corrected chi connectivity index (χ0v) is 10.7. The van der Waals surface area contributed by atoms with Gasteiger partial charge in [0.15, 0.2) is 5.16 Å². The van der Waals surface area contributed by atoms with Crippen LogP contribution in [0.4, 0.5) is 0 Å². The van der Waals surface area contributed by atoms with Crippen molar-refractivity contribution in [2.75, 3.05) is 5.75 Å². The lowest BCUT2D eigenvalue weighted by molar-refractivity contribution is 0.976. The summed E-state index contributed by atoms with van der Waals surface area (Å²) >= 11 is 1.53. The molecule has 0 amide bonds. The topological polar surface area (TPSA) is 45.8 Å². The van der Waals surface area contributed by atoms with Crippen LogP contribution in [0.25, 0.3) is 10.9 Å². The fraction of sp³-hybridized carbons (Fsp3) is 0.231. The van der Waals surface area contributed by atoms with Crippen molar-refractivity contribution in [1.29, 1.82) is 0 Å². The molecule has 0 fully saturated rings. The van der Waals surface area contributed by atoms with Crippen molar-refractivity contribution in [3.8, 4) is 0 Å². The second-order valence-electron chi connectivity index (χ2n) is 3.98. The van der Waals surface area contributed by atoms with Gasteiger partial charge in [0, 0.05) is 5.75 Å². The van der Waals surface area contributed by atoms with E-state index in [-0.39, 0.29) is 5.56 Å². The Balaban J connectivity index is 2.31. The van der Waals surface area contributed by atoms with E-state index < -0.39 is 0 Å². The summed E-state index contributed by atoms with van der Waals surface area (Å²) in [6.07, 6.45) is 2.11. The molecule has 0 radical (unpaired) electrons. The van der Waals surface area contributed by atoms with Gasteiger partial charge in [-0.05, 0) is 26.0 Å². The van der Waals surface area contributed by atoms with Crippen molar-refractivity contribution in [2.45, 2.75) is 19.0 Å². The minimum Gasteiger partial charge on any atom is -0.301 e. The molecule has 0 aliphatic carbocycles. The molecule has 0 aliphatic rings. The number of hydrogen-bond acceptors (Lipinski definition) is 3. The van der Waals surface area contributed by atoms with Gasteiger partial charge in [-0.3, -0.25) is 4.79 Å². The predicted molar refractivity (Wildman–Crippen MR) is 72.5 cm³/mol. The van der Waals surface area contributed by atoms with E-state index in [9.17, 15) is 4.79 Å². The first-order valence-electron chi connectivity index (χ1n) is 5.42. The molecule has 0 unspecified atom stereocenters. The molecule has 2 rings (SSSR count). The zero-order valence-electron chi connectivity index (χ0n) is 9.86. The van der Waals surface area contributed by atoms with Gasteiger partial charge in [0.1, 0.15) is 0 Å². The fourth-order valence-electron chi connectivity index (χ4n) is 1.42. The Labute approximate surface area is 104 Å². The van der Waals surface area contributed by atoms with E-state index in [0.717, 1.165) is 11.3 Å². The lowest BCUT2D eigenvalue weighted by Crippen LogP contribution is -2.08. The Hall–Kier alpha value is -1.55. The minimum absolute atomic E-state index is 0.0738. The Morgan fingerprint density at radius 3 is 2.94 bits per heavy atom. The molecule has 2 aromatic rings. The van der Waals surface area contributed by atoms with Gasteiger partial charge in [0.2, 0.25) is 0 Å². The Kier molecular flexibility index (Phi) is 3.64. The van der Waals surface area contributed by atoms with Crippen molar-refractivity contribution in [2.24, 2.45) is 0 Å². The average molecular weight is 246 g/mol. The number of hydrogen-bond donors (Lipinski definition) is 1. The number of aromatic nitrogens is 2. The first-order valence-corrected chi connectivity index (χ1v) is 6.40. The molecule has 0 aliphatic heterocycles. The highest BCUT2D eigenvalue weighted by Crippen LogP contribution is 2.15. The molecule has 1 aromatic heterocycles. The molecule has 3 nitrogen and oxygen atoms in total. The van der Waals surface area contributed by atoms with E-state index >= 15 is 0 Å². The van der Waals surface area contributed by atoms with Crippen LogP contribution >= 0.6 is 11.8 Å². The van der Waals surface area contributed by atoms with E-state index in [1.165, 1.54) is 17.3 Å². The van der Waals surface area contributed by atoms with Gasteiger partial charge >= 0.3 is 0 Å². The van der Waals surface area contributed by atoms with Gasteiger partial charge < -0.3 is 4.98 Å². The molecule has 4 heteroatoms. The molecular formula is C13H14N2OS. The summed E-state index contributed by atoms with van der Waals surface area (Å²) in [7, 11) is 0. The average Bonchev–Trinajstić information content (AvgIpc) is 2.28. The zero-order chi connectivity index (χ0) is 12.3. The van der Waals surface area contributed by atoms with Crippen LogP contribution in [0, 0.1) is 0 Å². The summed E-state index contributed by atoms with van der Waals surface area (Å²) in [6, 6.07) is 7.37. The molecule has 88 valence electrons. The third kappa shape index (κ3) is 2.97. The highest BCUT2D eigenvalue weighted by Gasteiger charge is 2.02. The number of nitrogens with one attached hydrogen (secondary N) is 1. The summed E-state index contributed by atoms with van der Waals surface area (Å²) in [5.41, 5.74) is 1.94. The minimum atomic E-state index is -0.0738. The number of benzene rings is 1. The summed E-state index contributed by atoms with van der Waals surface area (Å²) in [4.78, 5) is 19.0. The number of nitrogens with zero attached hydrogens (tertiary/aromatic N) is 1. The van der Waals surface area contributed by atoms with Crippen molar-refractivity contribution in [3.05, 3.63) is 46.3 Å². The van der Waals surface area contributed by atoms with Gasteiger partial charge in [-0.1, -0.05) is 35.5 Å². The second kappa shape index (κ2) is 5.19. The standard InChI is InChI=1S/C13H14N2OS/c1-9(2)7-8-17-13-14-11-6-4-3-5-10(11)12(16)15-13/h3-7H,8H2,1-2H3,(H,14,15,16). The predicted octanol–water partition coefficient (Wildman–Crippen LogP) is 2.98. The van der Waals surface area contributed by atoms with E-state index in [2.05, 4.69) is 29.9 Å². The number of H-pyrrole nitrogens is 1. The van der Waals surface area contributed by atoms with Gasteiger partial charge in [-0.2, -0.15) is 0 Å². The first-order chi connectivity index (χ1) is 8.16. The summed E-state index contributed by atoms with van der Waals surface area (Å²) in [5, 5.41) is 1.31. The number of thioether (sulfide) groups is 1. The van der Waals surface area contributed by atoms with E-state index in [1.54, 1.807) is 6.07 Å². The monoisotopic (exact) mass is 246 g/mol. The number of aromatic amines is 1. The van der Waals surface area contributed by atoms with Crippen LogP contribution in [0.15, 0.2) is 45.9 Å². The molecule has 0 spiro atoms. The van der Waals surface area contributed by atoms with Crippen molar-refractivity contribution < 1.29 is 0 Å². The molecule has 1 heterocycles. The highest BCUT2D eigenvalue weighted by atomic mass is 32.2. The fourth-order valence-corrected chi connectivity index (χ4v) is 2.32. The molecule has 1 N–H and O–H groups in total. The quantitative estimate of drug-likeness (QED) is 0.514. The van der Waals surface area contributed by atoms with Crippen LogP contribution in [0.2, 0.25) is 0 Å². The Morgan fingerprint density at radius 1 is 1.41 bits per heavy atom. The lowest BCUT2D eigenvalue weighted by Gasteiger charge is -2.00. The maximum Gasteiger partial charge on any atom is 0.259 e. The van der Waals surface area contributed by atoms with Crippen molar-refractivity contribution in [3.63, 3.8) is 0 Å². The van der Waals surface area contributed by atoms with Crippen LogP contribution in [0.1, 0.15) is 13.8 Å². The Morgan fingerprint density at radius 2 is 2.18 bits per heavy atom. The number of para-hydroxylation sites is 1. The van der Waals surface area contributed by atoms with Crippen molar-refractivity contribution in [1.82, 2.24) is 9.97 Å². The van der Waals surface area contributed by atoms with Gasteiger partial charge in [-0.25, -0.2) is 4.98 Å². The second-order valence-corrected chi connectivity index (χ2v) is 4.99. The first kappa shape index (κ1) is 11.9. The smallest absolute Gasteiger partial charge is 0.259 e. The lowest BCUT2D eigenvalue weighted by atomic mass is 10.2. The molecule has 0 atom stereocenters. The molecule has 17 heavy (non-hydrogen) atoms. The SMILES string of the molecule is CC(C)=CCSc1nc2ccccc2c(=O)[nH]1. The number of rotatable bonds is 3. The molecule has 1 aromatic carbocycles. The van der Waals surface area contributed by atoms with E-state index in [4.69, 9.17) is 0 Å². The summed E-state index contributed by atoms with van der Waals surface area (Å²) in [5.74, 6) is 0.823. The van der Waals surface area contributed by atoms with Gasteiger partial charge in [-0.15, -0.1) is 0 Å². The van der Waals surface area contributed by atoms with E-state index in [1.807, 2.05) is 18.2 Å². The molecule has 0 bridgehead atoms. The normalized spacial score (nSPS) is 10.5. The maximum absolute atomic E-state index is 11.8. The Bertz CT molecular complexity index is 612. The molecule has 0 saturated carbocycles. The number of allylic oxidation sites excluding steroid dienone is 1. The molecule has 0 saturated heterocycles. The van der Waals surface area contributed by atoms with Crippen LogP contribution in [0.3, 0.4) is 0 Å². The van der Waals surface area contributed by atoms with Crippen LogP contribution in [0.5, 0.6) is 0 Å². The number of fused-ring (bicyclic) bond motifs is 1. The van der Waals surface area contributed by atoms with Crippen LogP contribution < -0.4 is 5.56 Å². The highest BCUT2D eigenvalue weighted by molar-refractivity contribution is 7.99. The molecular weight excluding hydrogens is 232 g/mol. The third-order valence-corrected chi connectivity index (χ3v) is 3.10. The van der Waals surface area contributed by atoms with Gasteiger partial charge in [0.25, 0.3) is 5.56 Å². The van der Waals surface area contributed by atoms with Gasteiger partial charge in [0.05, 0.1) is 10.9 Å².